The Morgan fingerprint density at radius 3 is 2.79 bits per heavy atom. The van der Waals surface area contributed by atoms with E-state index in [1.165, 1.54) is 12.0 Å². The Morgan fingerprint density at radius 2 is 2.14 bits per heavy atom. The second kappa shape index (κ2) is 2.56. The number of benzene rings is 1. The summed E-state index contributed by atoms with van der Waals surface area (Å²) in [5.74, 6) is 0.655. The van der Waals surface area contributed by atoms with Crippen LogP contribution in [0.3, 0.4) is 0 Å². The smallest absolute Gasteiger partial charge is 0.0524 e. The standard InChI is InChI=1S/C11H12N2O/c14-12-13-7-10-6-11(10,8-13)9-4-2-1-3-5-9/h1-5,10H,6-8H2/t10-,11+/m0/s1. The molecular weight excluding hydrogens is 176 g/mol. The van der Waals surface area contributed by atoms with Crippen LogP contribution in [0.2, 0.25) is 0 Å². The van der Waals surface area contributed by atoms with Crippen molar-refractivity contribution in [1.82, 2.24) is 5.01 Å². The van der Waals surface area contributed by atoms with Crippen LogP contribution >= 0.6 is 0 Å². The van der Waals surface area contributed by atoms with E-state index >= 15 is 0 Å². The first-order valence-electron chi connectivity index (χ1n) is 4.99. The summed E-state index contributed by atoms with van der Waals surface area (Å²) in [6, 6.07) is 10.5. The first-order chi connectivity index (χ1) is 6.85. The first kappa shape index (κ1) is 7.97. The van der Waals surface area contributed by atoms with Crippen molar-refractivity contribution >= 4 is 0 Å². The van der Waals surface area contributed by atoms with Crippen LogP contribution in [0.25, 0.3) is 0 Å². The average molecular weight is 188 g/mol. The zero-order chi connectivity index (χ0) is 9.60. The Morgan fingerprint density at radius 1 is 1.36 bits per heavy atom. The van der Waals surface area contributed by atoms with Gasteiger partial charge in [-0.25, -0.2) is 0 Å². The van der Waals surface area contributed by atoms with Crippen LogP contribution in [0, 0.1) is 10.8 Å². The summed E-state index contributed by atoms with van der Waals surface area (Å²) >= 11 is 0. The molecular formula is C11H12N2O. The molecule has 14 heavy (non-hydrogen) atoms. The van der Waals surface area contributed by atoms with E-state index in [1.54, 1.807) is 5.01 Å². The van der Waals surface area contributed by atoms with E-state index in [2.05, 4.69) is 29.6 Å². The molecule has 1 aliphatic carbocycles. The van der Waals surface area contributed by atoms with Gasteiger partial charge >= 0.3 is 0 Å². The van der Waals surface area contributed by atoms with E-state index in [4.69, 9.17) is 0 Å². The minimum atomic E-state index is 0.259. The maximum Gasteiger partial charge on any atom is 0.0524 e. The van der Waals surface area contributed by atoms with Crippen molar-refractivity contribution in [2.45, 2.75) is 11.8 Å². The third-order valence-corrected chi connectivity index (χ3v) is 3.59. The molecule has 1 aromatic carbocycles. The predicted molar refractivity (Wildman–Crippen MR) is 53.6 cm³/mol. The summed E-state index contributed by atoms with van der Waals surface area (Å²) in [6.45, 7) is 1.66. The molecule has 3 rings (SSSR count). The minimum absolute atomic E-state index is 0.259. The molecule has 2 aliphatic rings. The van der Waals surface area contributed by atoms with Crippen molar-refractivity contribution in [1.29, 1.82) is 0 Å². The van der Waals surface area contributed by atoms with Crippen molar-refractivity contribution in [2.24, 2.45) is 11.2 Å². The van der Waals surface area contributed by atoms with Crippen molar-refractivity contribution in [3.8, 4) is 0 Å². The van der Waals surface area contributed by atoms with Gasteiger partial charge in [0.2, 0.25) is 0 Å². The van der Waals surface area contributed by atoms with Crippen molar-refractivity contribution in [3.63, 3.8) is 0 Å². The molecule has 0 unspecified atom stereocenters. The van der Waals surface area contributed by atoms with E-state index in [0.29, 0.717) is 5.92 Å². The minimum Gasteiger partial charge on any atom is -0.260 e. The maximum atomic E-state index is 10.4. The van der Waals surface area contributed by atoms with Crippen LogP contribution in [0.1, 0.15) is 12.0 Å². The summed E-state index contributed by atoms with van der Waals surface area (Å²) in [6.07, 6.45) is 1.23. The zero-order valence-corrected chi connectivity index (χ0v) is 7.89. The molecule has 1 saturated heterocycles. The Balaban J connectivity index is 1.91. The van der Waals surface area contributed by atoms with Gasteiger partial charge in [-0.3, -0.25) is 5.01 Å². The molecule has 0 bridgehead atoms. The van der Waals surface area contributed by atoms with Crippen LogP contribution in [-0.2, 0) is 5.41 Å². The number of nitroso groups, excluding NO2 is 1. The summed E-state index contributed by atoms with van der Waals surface area (Å²) in [4.78, 5) is 10.4. The highest BCUT2D eigenvalue weighted by Crippen LogP contribution is 2.58. The zero-order valence-electron chi connectivity index (χ0n) is 7.89. The molecule has 1 aromatic rings. The quantitative estimate of drug-likeness (QED) is 0.664. The lowest BCUT2D eigenvalue weighted by molar-refractivity contribution is 0.310. The molecule has 72 valence electrons. The van der Waals surface area contributed by atoms with Gasteiger partial charge in [0, 0.05) is 18.5 Å². The topological polar surface area (TPSA) is 32.7 Å². The third-order valence-electron chi connectivity index (χ3n) is 3.59. The molecule has 0 radical (unpaired) electrons. The fraction of sp³-hybridized carbons (Fsp3) is 0.455. The Labute approximate surface area is 82.7 Å². The van der Waals surface area contributed by atoms with Crippen molar-refractivity contribution < 1.29 is 0 Å². The second-order valence-electron chi connectivity index (χ2n) is 4.35. The van der Waals surface area contributed by atoms with Crippen LogP contribution in [0.5, 0.6) is 0 Å². The Kier molecular flexibility index (Phi) is 1.46. The number of nitrogens with zero attached hydrogens (tertiary/aromatic N) is 2. The number of hydrogen-bond acceptors (Lipinski definition) is 2. The maximum absolute atomic E-state index is 10.4. The number of hydrogen-bond donors (Lipinski definition) is 0. The lowest BCUT2D eigenvalue weighted by Crippen LogP contribution is -2.20. The van der Waals surface area contributed by atoms with E-state index in [1.807, 2.05) is 6.07 Å². The number of rotatable bonds is 2. The third kappa shape index (κ3) is 0.924. The van der Waals surface area contributed by atoms with Gasteiger partial charge in [0.25, 0.3) is 0 Å². The van der Waals surface area contributed by atoms with Gasteiger partial charge in [-0.05, 0) is 17.9 Å². The van der Waals surface area contributed by atoms with Gasteiger partial charge in [-0.1, -0.05) is 30.3 Å². The van der Waals surface area contributed by atoms with Gasteiger partial charge in [0.15, 0.2) is 0 Å². The lowest BCUT2D eigenvalue weighted by Gasteiger charge is -2.14. The SMILES string of the molecule is O=NN1C[C@@H]2C[C@]2(c2ccccc2)C1. The summed E-state index contributed by atoms with van der Waals surface area (Å²) in [5, 5.41) is 4.68. The fourth-order valence-electron chi connectivity index (χ4n) is 2.74. The van der Waals surface area contributed by atoms with Gasteiger partial charge in [0.1, 0.15) is 0 Å². The number of fused-ring (bicyclic) bond motifs is 1. The van der Waals surface area contributed by atoms with Crippen LogP contribution in [-0.4, -0.2) is 18.1 Å². The van der Waals surface area contributed by atoms with Gasteiger partial charge in [0.05, 0.1) is 5.29 Å². The Hall–Kier alpha value is -1.38. The van der Waals surface area contributed by atoms with Crippen LogP contribution in [0.4, 0.5) is 0 Å². The highest BCUT2D eigenvalue weighted by Gasteiger charge is 2.61. The van der Waals surface area contributed by atoms with Crippen molar-refractivity contribution in [2.75, 3.05) is 13.1 Å². The normalized spacial score (nSPS) is 34.0. The molecule has 0 amide bonds. The van der Waals surface area contributed by atoms with Crippen LogP contribution in [0.15, 0.2) is 35.6 Å². The largest absolute Gasteiger partial charge is 0.260 e. The summed E-state index contributed by atoms with van der Waals surface area (Å²) in [7, 11) is 0. The fourth-order valence-corrected chi connectivity index (χ4v) is 2.74. The molecule has 2 atom stereocenters. The molecule has 0 spiro atoms. The molecule has 1 aliphatic heterocycles. The van der Waals surface area contributed by atoms with Gasteiger partial charge in [-0.15, -0.1) is 4.91 Å². The molecule has 0 N–H and O–H groups in total. The molecule has 1 saturated carbocycles. The van der Waals surface area contributed by atoms with Crippen molar-refractivity contribution in [3.05, 3.63) is 40.8 Å². The van der Waals surface area contributed by atoms with E-state index < -0.39 is 0 Å². The molecule has 2 fully saturated rings. The number of piperidine rings is 1. The predicted octanol–water partition coefficient (Wildman–Crippen LogP) is 1.94. The van der Waals surface area contributed by atoms with Crippen LogP contribution < -0.4 is 0 Å². The molecule has 3 nitrogen and oxygen atoms in total. The lowest BCUT2D eigenvalue weighted by atomic mass is 9.95. The van der Waals surface area contributed by atoms with Gasteiger partial charge in [-0.2, -0.15) is 0 Å². The first-order valence-corrected chi connectivity index (χ1v) is 4.99. The monoisotopic (exact) mass is 188 g/mol. The summed E-state index contributed by atoms with van der Waals surface area (Å²) < 4.78 is 0. The van der Waals surface area contributed by atoms with E-state index in [0.717, 1.165) is 13.1 Å². The highest BCUT2D eigenvalue weighted by molar-refractivity contribution is 5.36. The average Bonchev–Trinajstić information content (AvgIpc) is 2.83. The van der Waals surface area contributed by atoms with Gasteiger partial charge < -0.3 is 0 Å². The molecule has 3 heteroatoms. The van der Waals surface area contributed by atoms with E-state index in [-0.39, 0.29) is 5.41 Å². The second-order valence-corrected chi connectivity index (χ2v) is 4.35. The van der Waals surface area contributed by atoms with E-state index in [9.17, 15) is 4.91 Å². The summed E-state index contributed by atoms with van der Waals surface area (Å²) in [5.41, 5.74) is 1.63. The molecule has 1 heterocycles. The highest BCUT2D eigenvalue weighted by atomic mass is 16.3. The Bertz CT molecular complexity index is 365. The molecule has 0 aromatic heterocycles.